The zero-order valence-electron chi connectivity index (χ0n) is 16.4. The van der Waals surface area contributed by atoms with Crippen LogP contribution in [0.15, 0.2) is 54.6 Å². The number of hydrogen-bond donors (Lipinski definition) is 2. The van der Waals surface area contributed by atoms with Crippen molar-refractivity contribution in [2.24, 2.45) is 0 Å². The number of carbonyl (C=O) groups excluding carboxylic acids is 2. The van der Waals surface area contributed by atoms with Crippen LogP contribution in [-0.2, 0) is 16.0 Å². The molecular formula is C23H24N4O2. The molecule has 1 aromatic heterocycles. The van der Waals surface area contributed by atoms with Gasteiger partial charge in [0.2, 0.25) is 11.8 Å². The summed E-state index contributed by atoms with van der Waals surface area (Å²) in [5.74, 6) is -0.182. The summed E-state index contributed by atoms with van der Waals surface area (Å²) < 4.78 is 0. The maximum Gasteiger partial charge on any atom is 0.247 e. The Morgan fingerprint density at radius 2 is 1.97 bits per heavy atom. The fourth-order valence-corrected chi connectivity index (χ4v) is 3.90. The van der Waals surface area contributed by atoms with E-state index in [2.05, 4.69) is 10.3 Å². The predicted octanol–water partition coefficient (Wildman–Crippen LogP) is 3.30. The Balaban J connectivity index is 1.48. The number of aromatic nitrogens is 1. The first kappa shape index (κ1) is 18.9. The van der Waals surface area contributed by atoms with Crippen molar-refractivity contribution in [3.63, 3.8) is 0 Å². The first-order valence-electron chi connectivity index (χ1n) is 9.82. The van der Waals surface area contributed by atoms with Crippen molar-refractivity contribution in [1.29, 1.82) is 0 Å². The second-order valence-corrected chi connectivity index (χ2v) is 7.48. The van der Waals surface area contributed by atoms with Crippen LogP contribution in [0.3, 0.4) is 0 Å². The number of carbonyl (C=O) groups is 2. The summed E-state index contributed by atoms with van der Waals surface area (Å²) in [4.78, 5) is 31.8. The smallest absolute Gasteiger partial charge is 0.247 e. The molecule has 0 unspecified atom stereocenters. The number of amides is 2. The molecule has 148 valence electrons. The Labute approximate surface area is 169 Å². The van der Waals surface area contributed by atoms with Crippen molar-refractivity contribution in [2.45, 2.75) is 32.2 Å². The summed E-state index contributed by atoms with van der Waals surface area (Å²) in [6.45, 7) is 2.50. The van der Waals surface area contributed by atoms with E-state index >= 15 is 0 Å². The summed E-state index contributed by atoms with van der Waals surface area (Å²) >= 11 is 0. The molecule has 1 atom stereocenters. The van der Waals surface area contributed by atoms with Gasteiger partial charge in [0.15, 0.2) is 0 Å². The normalized spacial score (nSPS) is 16.2. The van der Waals surface area contributed by atoms with Gasteiger partial charge in [-0.15, -0.1) is 0 Å². The third-order valence-corrected chi connectivity index (χ3v) is 5.31. The zero-order valence-corrected chi connectivity index (χ0v) is 16.4. The van der Waals surface area contributed by atoms with Crippen LogP contribution in [0.4, 0.5) is 11.4 Å². The molecular weight excluding hydrogens is 364 g/mol. The van der Waals surface area contributed by atoms with Gasteiger partial charge in [-0.1, -0.05) is 30.3 Å². The molecule has 0 radical (unpaired) electrons. The molecule has 1 fully saturated rings. The van der Waals surface area contributed by atoms with E-state index in [1.807, 2.05) is 61.5 Å². The minimum Gasteiger partial charge on any atom is -0.398 e. The molecule has 2 heterocycles. The Bertz CT molecular complexity index is 1070. The Kier molecular flexibility index (Phi) is 5.16. The van der Waals surface area contributed by atoms with Crippen LogP contribution in [0.1, 0.15) is 24.1 Å². The maximum atomic E-state index is 12.9. The van der Waals surface area contributed by atoms with Gasteiger partial charge in [0.05, 0.1) is 11.9 Å². The van der Waals surface area contributed by atoms with Crippen LogP contribution in [0.25, 0.3) is 10.9 Å². The molecule has 1 aliphatic rings. The third-order valence-electron chi connectivity index (χ3n) is 5.31. The van der Waals surface area contributed by atoms with Crippen molar-refractivity contribution in [3.8, 4) is 0 Å². The standard InChI is InChI=1S/C23H24N4O2/c1-15-12-19(24)18-14-17(9-10-20(18)25-15)26-23(29)21-8-5-11-27(21)22(28)13-16-6-3-2-4-7-16/h2-4,6-7,9-10,12,14,21H,5,8,11,13H2,1H3,(H2,24,25)(H,26,29)/t21-/m0/s1. The molecule has 2 amide bonds. The van der Waals surface area contributed by atoms with E-state index in [4.69, 9.17) is 5.73 Å². The van der Waals surface area contributed by atoms with Gasteiger partial charge in [0.25, 0.3) is 0 Å². The van der Waals surface area contributed by atoms with Crippen LogP contribution in [0.2, 0.25) is 0 Å². The number of aryl methyl sites for hydroxylation is 1. The topological polar surface area (TPSA) is 88.3 Å². The molecule has 0 saturated carbocycles. The van der Waals surface area contributed by atoms with Gasteiger partial charge in [-0.25, -0.2) is 0 Å². The summed E-state index contributed by atoms with van der Waals surface area (Å²) in [6, 6.07) is 16.5. The Morgan fingerprint density at radius 1 is 1.17 bits per heavy atom. The molecule has 2 aromatic carbocycles. The Morgan fingerprint density at radius 3 is 2.76 bits per heavy atom. The molecule has 3 aromatic rings. The molecule has 0 aliphatic carbocycles. The second-order valence-electron chi connectivity index (χ2n) is 7.48. The summed E-state index contributed by atoms with van der Waals surface area (Å²) in [5.41, 5.74) is 9.99. The highest BCUT2D eigenvalue weighted by Crippen LogP contribution is 2.25. The van der Waals surface area contributed by atoms with Crippen LogP contribution in [0, 0.1) is 6.92 Å². The van der Waals surface area contributed by atoms with Crippen molar-refractivity contribution in [1.82, 2.24) is 9.88 Å². The van der Waals surface area contributed by atoms with Gasteiger partial charge in [0, 0.05) is 29.0 Å². The van der Waals surface area contributed by atoms with E-state index in [1.165, 1.54) is 0 Å². The first-order valence-corrected chi connectivity index (χ1v) is 9.82. The minimum atomic E-state index is -0.449. The van der Waals surface area contributed by atoms with E-state index in [1.54, 1.807) is 4.90 Å². The van der Waals surface area contributed by atoms with Gasteiger partial charge in [-0.2, -0.15) is 0 Å². The number of likely N-dealkylation sites (tertiary alicyclic amines) is 1. The van der Waals surface area contributed by atoms with Gasteiger partial charge in [0.1, 0.15) is 6.04 Å². The van der Waals surface area contributed by atoms with Crippen molar-refractivity contribution >= 4 is 34.1 Å². The number of nitrogen functional groups attached to an aromatic ring is 1. The molecule has 29 heavy (non-hydrogen) atoms. The quantitative estimate of drug-likeness (QED) is 0.718. The molecule has 3 N–H and O–H groups in total. The largest absolute Gasteiger partial charge is 0.398 e. The minimum absolute atomic E-state index is 0.0173. The molecule has 1 saturated heterocycles. The molecule has 6 nitrogen and oxygen atoms in total. The molecule has 0 bridgehead atoms. The van der Waals surface area contributed by atoms with E-state index in [0.717, 1.165) is 28.6 Å². The summed E-state index contributed by atoms with van der Waals surface area (Å²) in [6.07, 6.45) is 1.80. The van der Waals surface area contributed by atoms with Crippen LogP contribution in [0.5, 0.6) is 0 Å². The Hall–Kier alpha value is -3.41. The first-order chi connectivity index (χ1) is 14.0. The number of nitrogens with two attached hydrogens (primary N) is 1. The van der Waals surface area contributed by atoms with Gasteiger partial charge in [-0.05, 0) is 49.6 Å². The number of hydrogen-bond acceptors (Lipinski definition) is 4. The molecule has 1 aliphatic heterocycles. The number of fused-ring (bicyclic) bond motifs is 1. The van der Waals surface area contributed by atoms with Crippen molar-refractivity contribution < 1.29 is 9.59 Å². The lowest BCUT2D eigenvalue weighted by Crippen LogP contribution is -2.43. The maximum absolute atomic E-state index is 12.9. The summed E-state index contributed by atoms with van der Waals surface area (Å²) in [5, 5.41) is 3.75. The molecule has 4 rings (SSSR count). The van der Waals surface area contributed by atoms with Crippen molar-refractivity contribution in [3.05, 3.63) is 65.9 Å². The summed E-state index contributed by atoms with van der Waals surface area (Å²) in [7, 11) is 0. The van der Waals surface area contributed by atoms with Crippen molar-refractivity contribution in [2.75, 3.05) is 17.6 Å². The monoisotopic (exact) mass is 388 g/mol. The second kappa shape index (κ2) is 7.91. The fourth-order valence-electron chi connectivity index (χ4n) is 3.90. The average molecular weight is 388 g/mol. The molecule has 6 heteroatoms. The number of nitrogens with one attached hydrogen (secondary N) is 1. The number of anilines is 2. The van der Waals surface area contributed by atoms with Gasteiger partial charge >= 0.3 is 0 Å². The van der Waals surface area contributed by atoms with Gasteiger partial charge in [-0.3, -0.25) is 14.6 Å². The highest BCUT2D eigenvalue weighted by molar-refractivity contribution is 6.00. The molecule has 0 spiro atoms. The van der Waals surface area contributed by atoms with Crippen LogP contribution < -0.4 is 11.1 Å². The van der Waals surface area contributed by atoms with Crippen LogP contribution >= 0.6 is 0 Å². The average Bonchev–Trinajstić information content (AvgIpc) is 3.19. The van der Waals surface area contributed by atoms with E-state index in [0.29, 0.717) is 30.8 Å². The van der Waals surface area contributed by atoms with E-state index < -0.39 is 6.04 Å². The lowest BCUT2D eigenvalue weighted by Gasteiger charge is -2.24. The van der Waals surface area contributed by atoms with E-state index in [9.17, 15) is 9.59 Å². The third kappa shape index (κ3) is 4.06. The fraction of sp³-hybridized carbons (Fsp3) is 0.261. The highest BCUT2D eigenvalue weighted by Gasteiger charge is 2.33. The number of nitrogens with zero attached hydrogens (tertiary/aromatic N) is 2. The van der Waals surface area contributed by atoms with Gasteiger partial charge < -0.3 is 16.0 Å². The van der Waals surface area contributed by atoms with E-state index in [-0.39, 0.29) is 11.8 Å². The van der Waals surface area contributed by atoms with Crippen LogP contribution in [-0.4, -0.2) is 34.3 Å². The zero-order chi connectivity index (χ0) is 20.4. The predicted molar refractivity (Wildman–Crippen MR) is 114 cm³/mol. The lowest BCUT2D eigenvalue weighted by molar-refractivity contribution is -0.136. The number of rotatable bonds is 4. The highest BCUT2D eigenvalue weighted by atomic mass is 16.2. The number of benzene rings is 2. The lowest BCUT2D eigenvalue weighted by atomic mass is 10.1. The number of pyridine rings is 1. The SMILES string of the molecule is Cc1cc(N)c2cc(NC(=O)[C@@H]3CCCN3C(=O)Cc3ccccc3)ccc2n1.